The summed E-state index contributed by atoms with van der Waals surface area (Å²) in [5.74, 6) is 0. The Hall–Kier alpha value is -2.14. The highest BCUT2D eigenvalue weighted by Crippen LogP contribution is 2.29. The van der Waals surface area contributed by atoms with Crippen molar-refractivity contribution in [2.24, 2.45) is 4.99 Å². The molecule has 0 amide bonds. The number of hydrogen-bond donors (Lipinski definition) is 0. The van der Waals surface area contributed by atoms with Crippen LogP contribution in [0.25, 0.3) is 16.9 Å². The molecule has 0 aliphatic heterocycles. The van der Waals surface area contributed by atoms with E-state index in [9.17, 15) is 0 Å². The van der Waals surface area contributed by atoms with E-state index in [-0.39, 0.29) is 17.0 Å². The van der Waals surface area contributed by atoms with Crippen LogP contribution in [-0.2, 0) is 0 Å². The first-order valence-corrected chi connectivity index (χ1v) is 9.55. The van der Waals surface area contributed by atoms with Crippen molar-refractivity contribution in [3.05, 3.63) is 99.6 Å². The third-order valence-electron chi connectivity index (χ3n) is 4.11. The van der Waals surface area contributed by atoms with Crippen molar-refractivity contribution in [3.63, 3.8) is 0 Å². The minimum absolute atomic E-state index is 0. The van der Waals surface area contributed by atoms with Gasteiger partial charge >= 0.3 is 0 Å². The van der Waals surface area contributed by atoms with Gasteiger partial charge in [0.2, 0.25) is 0 Å². The summed E-state index contributed by atoms with van der Waals surface area (Å²) in [6.45, 7) is 2.14. The van der Waals surface area contributed by atoms with E-state index < -0.39 is 0 Å². The van der Waals surface area contributed by atoms with Gasteiger partial charge in [0.25, 0.3) is 0 Å². The van der Waals surface area contributed by atoms with E-state index >= 15 is 0 Å². The topological polar surface area (TPSA) is 17.3 Å². The highest BCUT2D eigenvalue weighted by atomic mass is 79.9. The summed E-state index contributed by atoms with van der Waals surface area (Å²) in [4.78, 5) is 7.06. The molecule has 0 spiro atoms. The molecule has 0 radical (unpaired) electrons. The average Bonchev–Trinajstić information content (AvgIpc) is 3.00. The van der Waals surface area contributed by atoms with Crippen molar-refractivity contribution in [1.29, 1.82) is 0 Å². The van der Waals surface area contributed by atoms with Crippen molar-refractivity contribution >= 4 is 28.6 Å². The van der Waals surface area contributed by atoms with Gasteiger partial charge in [-0.05, 0) is 48.9 Å². The van der Waals surface area contributed by atoms with E-state index in [0.717, 1.165) is 32.5 Å². The Morgan fingerprint density at radius 1 is 0.815 bits per heavy atom. The molecule has 0 aliphatic carbocycles. The Kier molecular flexibility index (Phi) is 6.32. The van der Waals surface area contributed by atoms with Crippen molar-refractivity contribution in [2.75, 3.05) is 0 Å². The van der Waals surface area contributed by atoms with Gasteiger partial charge < -0.3 is 17.0 Å². The van der Waals surface area contributed by atoms with E-state index in [2.05, 4.69) is 35.8 Å². The van der Waals surface area contributed by atoms with Crippen LogP contribution >= 0.6 is 22.9 Å². The van der Waals surface area contributed by atoms with Gasteiger partial charge in [0.1, 0.15) is 0 Å². The number of halogens is 2. The van der Waals surface area contributed by atoms with Crippen LogP contribution in [0.3, 0.4) is 0 Å². The number of thiazole rings is 1. The smallest absolute Gasteiger partial charge is 0.195 e. The third kappa shape index (κ3) is 4.24. The Balaban J connectivity index is 0.00000210. The number of hydrogen-bond acceptors (Lipinski definition) is 2. The molecule has 0 N–H and O–H groups in total. The summed E-state index contributed by atoms with van der Waals surface area (Å²) in [7, 11) is 0. The summed E-state index contributed by atoms with van der Waals surface area (Å²) >= 11 is 7.78. The Bertz CT molecular complexity index is 1080. The Labute approximate surface area is 178 Å². The molecule has 4 rings (SSSR count). The molecule has 0 saturated heterocycles. The summed E-state index contributed by atoms with van der Waals surface area (Å²) in [6, 6.07) is 28.4. The second kappa shape index (κ2) is 8.70. The lowest BCUT2D eigenvalue weighted by molar-refractivity contribution is -0.00000503. The summed E-state index contributed by atoms with van der Waals surface area (Å²) in [5, 5.41) is 0.738. The molecule has 1 heterocycles. The van der Waals surface area contributed by atoms with E-state index in [1.54, 1.807) is 11.3 Å². The maximum Gasteiger partial charge on any atom is 0.195 e. The van der Waals surface area contributed by atoms with Crippen LogP contribution in [0.2, 0.25) is 5.02 Å². The van der Waals surface area contributed by atoms with Gasteiger partial charge in [0, 0.05) is 15.6 Å². The number of aryl methyl sites for hydroxylation is 1. The van der Waals surface area contributed by atoms with Crippen LogP contribution in [-0.4, -0.2) is 4.57 Å². The van der Waals surface area contributed by atoms with Gasteiger partial charge in [-0.3, -0.25) is 4.57 Å². The third-order valence-corrected chi connectivity index (χ3v) is 5.31. The fourth-order valence-electron chi connectivity index (χ4n) is 2.93. The molecule has 0 atom stereocenters. The Morgan fingerprint density at radius 2 is 1.41 bits per heavy atom. The normalized spacial score (nSPS) is 11.3. The van der Waals surface area contributed by atoms with E-state index in [1.165, 1.54) is 4.88 Å². The lowest BCUT2D eigenvalue weighted by atomic mass is 10.1. The number of para-hydroxylation sites is 2. The quantitative estimate of drug-likeness (QED) is 0.450. The first-order chi connectivity index (χ1) is 12.7. The van der Waals surface area contributed by atoms with Gasteiger partial charge in [-0.15, -0.1) is 11.3 Å². The van der Waals surface area contributed by atoms with Crippen LogP contribution in [0.15, 0.2) is 89.9 Å². The van der Waals surface area contributed by atoms with Gasteiger partial charge in [0.05, 0.1) is 11.4 Å². The Morgan fingerprint density at radius 3 is 2.04 bits per heavy atom. The standard InChI is InChI=1S/C22H17ClN2S.BrH/c1-16-21(17-12-14-18(23)15-13-17)25(20-10-6-3-7-11-20)22(26-16)24-19-8-4-2-5-9-19;/h2-15H,1H3;1H/p-1. The molecule has 27 heavy (non-hydrogen) atoms. The fourth-order valence-corrected chi connectivity index (χ4v) is 4.07. The molecule has 0 fully saturated rings. The molecular weight excluding hydrogens is 440 g/mol. The van der Waals surface area contributed by atoms with Crippen LogP contribution in [0.1, 0.15) is 4.88 Å². The molecular formula is C22H17BrClN2S-. The summed E-state index contributed by atoms with van der Waals surface area (Å²) in [6.07, 6.45) is 0. The van der Waals surface area contributed by atoms with Gasteiger partial charge in [-0.25, -0.2) is 4.99 Å². The highest BCUT2D eigenvalue weighted by Gasteiger charge is 2.14. The number of aromatic nitrogens is 1. The molecule has 136 valence electrons. The second-order valence-corrected chi connectivity index (χ2v) is 7.53. The molecule has 0 saturated carbocycles. The lowest BCUT2D eigenvalue weighted by Gasteiger charge is -2.10. The van der Waals surface area contributed by atoms with Crippen LogP contribution in [0.5, 0.6) is 0 Å². The fraction of sp³-hybridized carbons (Fsp3) is 0.0455. The van der Waals surface area contributed by atoms with Crippen molar-refractivity contribution < 1.29 is 17.0 Å². The molecule has 2 nitrogen and oxygen atoms in total. The zero-order valence-electron chi connectivity index (χ0n) is 14.6. The molecule has 0 unspecified atom stereocenters. The minimum Gasteiger partial charge on any atom is -1.00 e. The van der Waals surface area contributed by atoms with Gasteiger partial charge in [0.15, 0.2) is 4.80 Å². The maximum absolute atomic E-state index is 6.09. The van der Waals surface area contributed by atoms with Crippen LogP contribution in [0.4, 0.5) is 5.69 Å². The molecule has 0 bridgehead atoms. The minimum atomic E-state index is 0. The van der Waals surface area contributed by atoms with E-state index in [4.69, 9.17) is 16.6 Å². The largest absolute Gasteiger partial charge is 1.00 e. The highest BCUT2D eigenvalue weighted by molar-refractivity contribution is 7.09. The van der Waals surface area contributed by atoms with Gasteiger partial charge in [-0.2, -0.15) is 0 Å². The van der Waals surface area contributed by atoms with E-state index in [1.807, 2.05) is 60.7 Å². The number of nitrogens with zero attached hydrogens (tertiary/aromatic N) is 2. The SMILES string of the molecule is Cc1sc(=Nc2ccccc2)n(-c2ccccc2)c1-c1ccc(Cl)cc1.[Br-]. The summed E-state index contributed by atoms with van der Waals surface area (Å²) < 4.78 is 2.22. The molecule has 3 aromatic carbocycles. The predicted molar refractivity (Wildman–Crippen MR) is 110 cm³/mol. The molecule has 0 aliphatic rings. The average molecular weight is 457 g/mol. The first-order valence-electron chi connectivity index (χ1n) is 8.36. The number of benzene rings is 3. The zero-order chi connectivity index (χ0) is 17.9. The number of rotatable bonds is 3. The second-order valence-electron chi connectivity index (χ2n) is 5.91. The molecule has 4 aromatic rings. The van der Waals surface area contributed by atoms with Crippen LogP contribution < -0.4 is 21.8 Å². The first kappa shape index (κ1) is 19.6. The van der Waals surface area contributed by atoms with Crippen molar-refractivity contribution in [3.8, 4) is 16.9 Å². The molecule has 5 heteroatoms. The van der Waals surface area contributed by atoms with Crippen molar-refractivity contribution in [2.45, 2.75) is 6.92 Å². The van der Waals surface area contributed by atoms with Gasteiger partial charge in [-0.1, -0.05) is 60.1 Å². The lowest BCUT2D eigenvalue weighted by Crippen LogP contribution is -3.00. The zero-order valence-corrected chi connectivity index (χ0v) is 17.8. The summed E-state index contributed by atoms with van der Waals surface area (Å²) in [5.41, 5.74) is 4.31. The predicted octanol–water partition coefficient (Wildman–Crippen LogP) is 3.40. The monoisotopic (exact) mass is 455 g/mol. The van der Waals surface area contributed by atoms with E-state index in [0.29, 0.717) is 0 Å². The van der Waals surface area contributed by atoms with Crippen molar-refractivity contribution in [1.82, 2.24) is 4.57 Å². The maximum atomic E-state index is 6.09. The molecule has 1 aromatic heterocycles. The van der Waals surface area contributed by atoms with Crippen LogP contribution in [0, 0.1) is 6.92 Å².